The fourth-order valence-electron chi connectivity index (χ4n) is 1.37. The highest BCUT2D eigenvalue weighted by atomic mass is 32.2. The summed E-state index contributed by atoms with van der Waals surface area (Å²) in [5.74, 6) is -0.238. The third kappa shape index (κ3) is 9.41. The van der Waals surface area contributed by atoms with Crippen LogP contribution in [0.5, 0.6) is 0 Å². The molecule has 0 atom stereocenters. The Hall–Kier alpha value is -0.620. The number of carbonyl (C=O) groups is 1. The Morgan fingerprint density at radius 1 is 1.39 bits per heavy atom. The minimum absolute atomic E-state index is 0.0757. The average molecular weight is 278 g/mol. The minimum atomic E-state index is -3.50. The molecule has 1 N–H and O–H groups in total. The van der Waals surface area contributed by atoms with Crippen LogP contribution in [0.1, 0.15) is 40.0 Å². The molecule has 107 valence electrons. The molecule has 0 aliphatic carbocycles. The van der Waals surface area contributed by atoms with Gasteiger partial charge in [-0.1, -0.05) is 27.2 Å². The largest absolute Gasteiger partial charge is 0.356 e. The maximum Gasteiger partial charge on any atom is 0.267 e. The SMILES string of the molecule is [CH2]CCC(C)(C)COS(=O)(=O)CCCNC(C)=O. The quantitative estimate of drug-likeness (QED) is 0.512. The molecule has 6 heteroatoms. The number of hydrogen-bond donors (Lipinski definition) is 1. The predicted molar refractivity (Wildman–Crippen MR) is 71.4 cm³/mol. The standard InChI is InChI=1S/C12H24NO4S/c1-5-7-12(3,4)10-17-18(15,16)9-6-8-13-11(2)14/h1,5-10H2,2-4H3,(H,13,14). The summed E-state index contributed by atoms with van der Waals surface area (Å²) in [6.45, 7) is 9.56. The van der Waals surface area contributed by atoms with E-state index in [1.165, 1.54) is 6.92 Å². The third-order valence-corrected chi connectivity index (χ3v) is 3.69. The van der Waals surface area contributed by atoms with Crippen LogP contribution in [0.2, 0.25) is 0 Å². The summed E-state index contributed by atoms with van der Waals surface area (Å²) >= 11 is 0. The van der Waals surface area contributed by atoms with E-state index in [1.807, 2.05) is 13.8 Å². The van der Waals surface area contributed by atoms with Crippen LogP contribution in [0.15, 0.2) is 0 Å². The summed E-state index contributed by atoms with van der Waals surface area (Å²) in [6.07, 6.45) is 1.92. The van der Waals surface area contributed by atoms with E-state index in [1.54, 1.807) is 0 Å². The lowest BCUT2D eigenvalue weighted by molar-refractivity contribution is -0.118. The van der Waals surface area contributed by atoms with Crippen LogP contribution in [-0.4, -0.2) is 33.2 Å². The van der Waals surface area contributed by atoms with Crippen molar-refractivity contribution in [2.45, 2.75) is 40.0 Å². The van der Waals surface area contributed by atoms with E-state index < -0.39 is 10.1 Å². The summed E-state index contributed by atoms with van der Waals surface area (Å²) in [5, 5.41) is 2.54. The second-order valence-corrected chi connectivity index (χ2v) is 6.89. The first kappa shape index (κ1) is 17.4. The first-order valence-corrected chi connectivity index (χ1v) is 7.67. The van der Waals surface area contributed by atoms with Gasteiger partial charge in [-0.2, -0.15) is 8.42 Å². The first-order chi connectivity index (χ1) is 8.18. The molecule has 0 saturated carbocycles. The maximum atomic E-state index is 11.6. The zero-order chi connectivity index (χ0) is 14.2. The van der Waals surface area contributed by atoms with Crippen molar-refractivity contribution in [1.29, 1.82) is 0 Å². The Labute approximate surface area is 110 Å². The fourth-order valence-corrected chi connectivity index (χ4v) is 2.49. The molecule has 0 heterocycles. The molecular weight excluding hydrogens is 254 g/mol. The van der Waals surface area contributed by atoms with Crippen molar-refractivity contribution in [3.8, 4) is 0 Å². The van der Waals surface area contributed by atoms with Crippen molar-refractivity contribution in [2.24, 2.45) is 5.41 Å². The van der Waals surface area contributed by atoms with Crippen molar-refractivity contribution in [2.75, 3.05) is 18.9 Å². The summed E-state index contributed by atoms with van der Waals surface area (Å²) < 4.78 is 28.1. The van der Waals surface area contributed by atoms with Crippen LogP contribution in [0, 0.1) is 12.3 Å². The van der Waals surface area contributed by atoms with E-state index in [9.17, 15) is 13.2 Å². The zero-order valence-corrected chi connectivity index (χ0v) is 12.3. The van der Waals surface area contributed by atoms with Crippen LogP contribution >= 0.6 is 0 Å². The van der Waals surface area contributed by atoms with Gasteiger partial charge in [0.1, 0.15) is 0 Å². The van der Waals surface area contributed by atoms with E-state index in [2.05, 4.69) is 12.2 Å². The van der Waals surface area contributed by atoms with Crippen molar-refractivity contribution in [1.82, 2.24) is 5.32 Å². The van der Waals surface area contributed by atoms with Crippen LogP contribution in [0.25, 0.3) is 0 Å². The molecule has 1 radical (unpaired) electrons. The smallest absolute Gasteiger partial charge is 0.267 e. The van der Waals surface area contributed by atoms with Crippen LogP contribution in [0.4, 0.5) is 0 Å². The van der Waals surface area contributed by atoms with Gasteiger partial charge in [0.05, 0.1) is 12.4 Å². The molecule has 0 bridgehead atoms. The lowest BCUT2D eigenvalue weighted by Crippen LogP contribution is -2.26. The van der Waals surface area contributed by atoms with Crippen molar-refractivity contribution in [3.63, 3.8) is 0 Å². The molecule has 0 aromatic heterocycles. The molecule has 0 spiro atoms. The molecule has 0 rings (SSSR count). The number of hydrogen-bond acceptors (Lipinski definition) is 4. The van der Waals surface area contributed by atoms with Gasteiger partial charge in [0, 0.05) is 13.5 Å². The van der Waals surface area contributed by atoms with Gasteiger partial charge in [0.2, 0.25) is 5.91 Å². The van der Waals surface area contributed by atoms with Crippen LogP contribution in [-0.2, 0) is 19.1 Å². The average Bonchev–Trinajstić information content (AvgIpc) is 2.22. The first-order valence-electron chi connectivity index (χ1n) is 6.09. The minimum Gasteiger partial charge on any atom is -0.356 e. The van der Waals surface area contributed by atoms with Crippen molar-refractivity contribution >= 4 is 16.0 Å². The monoisotopic (exact) mass is 278 g/mol. The molecule has 0 saturated heterocycles. The van der Waals surface area contributed by atoms with E-state index >= 15 is 0 Å². The Morgan fingerprint density at radius 2 is 2.00 bits per heavy atom. The lowest BCUT2D eigenvalue weighted by Gasteiger charge is -2.23. The summed E-state index contributed by atoms with van der Waals surface area (Å²) in [5.41, 5.74) is -0.188. The van der Waals surface area contributed by atoms with E-state index in [0.29, 0.717) is 13.0 Å². The molecule has 0 aliphatic heterocycles. The fraction of sp³-hybridized carbons (Fsp3) is 0.833. The van der Waals surface area contributed by atoms with Gasteiger partial charge in [0.15, 0.2) is 0 Å². The Bertz CT molecular complexity index is 349. The Kier molecular flexibility index (Phi) is 7.47. The predicted octanol–water partition coefficient (Wildman–Crippen LogP) is 1.50. The summed E-state index contributed by atoms with van der Waals surface area (Å²) in [6, 6.07) is 0. The van der Waals surface area contributed by atoms with Gasteiger partial charge in [-0.3, -0.25) is 8.98 Å². The van der Waals surface area contributed by atoms with E-state index in [-0.39, 0.29) is 23.7 Å². The van der Waals surface area contributed by atoms with Gasteiger partial charge in [0.25, 0.3) is 10.1 Å². The Balaban J connectivity index is 3.97. The molecule has 1 amide bonds. The highest BCUT2D eigenvalue weighted by molar-refractivity contribution is 7.86. The van der Waals surface area contributed by atoms with E-state index in [4.69, 9.17) is 4.18 Å². The highest BCUT2D eigenvalue weighted by Gasteiger charge is 2.21. The van der Waals surface area contributed by atoms with Gasteiger partial charge in [-0.15, -0.1) is 0 Å². The number of carbonyl (C=O) groups excluding carboxylic acids is 1. The van der Waals surface area contributed by atoms with Gasteiger partial charge in [-0.25, -0.2) is 0 Å². The van der Waals surface area contributed by atoms with Crippen molar-refractivity contribution in [3.05, 3.63) is 6.92 Å². The van der Waals surface area contributed by atoms with Crippen LogP contribution < -0.4 is 5.32 Å². The van der Waals surface area contributed by atoms with Crippen molar-refractivity contribution < 1.29 is 17.4 Å². The van der Waals surface area contributed by atoms with Gasteiger partial charge < -0.3 is 5.32 Å². The lowest BCUT2D eigenvalue weighted by atomic mass is 9.89. The number of rotatable bonds is 9. The summed E-state index contributed by atoms with van der Waals surface area (Å²) in [4.78, 5) is 10.6. The van der Waals surface area contributed by atoms with E-state index in [0.717, 1.165) is 12.8 Å². The molecule has 0 fully saturated rings. The second-order valence-electron chi connectivity index (χ2n) is 5.13. The molecule has 0 aromatic rings. The third-order valence-electron chi connectivity index (χ3n) is 2.43. The normalized spacial score (nSPS) is 12.4. The molecule has 0 unspecified atom stereocenters. The highest BCUT2D eigenvalue weighted by Crippen LogP contribution is 2.23. The molecule has 0 aliphatic rings. The number of amides is 1. The Morgan fingerprint density at radius 3 is 2.50 bits per heavy atom. The summed E-state index contributed by atoms with van der Waals surface area (Å²) in [7, 11) is -3.50. The molecular formula is C12H24NO4S. The number of nitrogens with one attached hydrogen (secondary N) is 1. The zero-order valence-electron chi connectivity index (χ0n) is 11.5. The van der Waals surface area contributed by atoms with Gasteiger partial charge in [-0.05, 0) is 18.3 Å². The molecule has 5 nitrogen and oxygen atoms in total. The van der Waals surface area contributed by atoms with Gasteiger partial charge >= 0.3 is 0 Å². The van der Waals surface area contributed by atoms with Crippen LogP contribution in [0.3, 0.4) is 0 Å². The second kappa shape index (κ2) is 7.74. The molecule has 18 heavy (non-hydrogen) atoms. The molecule has 0 aromatic carbocycles. The topological polar surface area (TPSA) is 72.5 Å². The maximum absolute atomic E-state index is 11.6.